The predicted octanol–water partition coefficient (Wildman–Crippen LogP) is 3.86. The van der Waals surface area contributed by atoms with E-state index in [1.165, 1.54) is 12.1 Å². The summed E-state index contributed by atoms with van der Waals surface area (Å²) in [6, 6.07) is 11.2. The van der Waals surface area contributed by atoms with Crippen molar-refractivity contribution in [2.45, 2.75) is 12.3 Å². The lowest BCUT2D eigenvalue weighted by Crippen LogP contribution is -2.25. The third-order valence-corrected chi connectivity index (χ3v) is 4.94. The highest BCUT2D eigenvalue weighted by Crippen LogP contribution is 2.18. The molecule has 0 heterocycles. The first-order valence-corrected chi connectivity index (χ1v) is 8.84. The van der Waals surface area contributed by atoms with Gasteiger partial charge < -0.3 is 0 Å². The van der Waals surface area contributed by atoms with Crippen LogP contribution in [0.1, 0.15) is 11.1 Å². The molecule has 0 aliphatic rings. The summed E-state index contributed by atoms with van der Waals surface area (Å²) in [5.41, 5.74) is 0.781. The molecule has 0 atom stereocenters. The van der Waals surface area contributed by atoms with Gasteiger partial charge in [-0.2, -0.15) is 0 Å². The standard InChI is InChI=1S/C14H12BrClFNO2S/c15-12-6-5-11(14(17)7-12)9-21(19,20)18-8-10-3-1-2-4-13(10)16/h1-7,18H,8-9H2. The van der Waals surface area contributed by atoms with Crippen molar-refractivity contribution in [2.75, 3.05) is 0 Å². The topological polar surface area (TPSA) is 46.2 Å². The lowest BCUT2D eigenvalue weighted by Gasteiger charge is -2.09. The molecule has 0 aliphatic carbocycles. The van der Waals surface area contributed by atoms with Crippen molar-refractivity contribution < 1.29 is 12.8 Å². The van der Waals surface area contributed by atoms with E-state index >= 15 is 0 Å². The van der Waals surface area contributed by atoms with Gasteiger partial charge in [-0.3, -0.25) is 0 Å². The van der Waals surface area contributed by atoms with Gasteiger partial charge in [-0.25, -0.2) is 17.5 Å². The fraction of sp³-hybridized carbons (Fsp3) is 0.143. The summed E-state index contributed by atoms with van der Waals surface area (Å²) in [7, 11) is -3.65. The molecule has 0 radical (unpaired) electrons. The second-order valence-electron chi connectivity index (χ2n) is 4.41. The summed E-state index contributed by atoms with van der Waals surface area (Å²) >= 11 is 9.08. The highest BCUT2D eigenvalue weighted by molar-refractivity contribution is 9.10. The zero-order chi connectivity index (χ0) is 15.5. The van der Waals surface area contributed by atoms with E-state index in [1.54, 1.807) is 30.3 Å². The van der Waals surface area contributed by atoms with Crippen LogP contribution in [0.5, 0.6) is 0 Å². The van der Waals surface area contributed by atoms with Crippen LogP contribution in [-0.2, 0) is 22.3 Å². The molecule has 0 amide bonds. The summed E-state index contributed by atoms with van der Waals surface area (Å²) < 4.78 is 40.6. The van der Waals surface area contributed by atoms with Gasteiger partial charge in [0.25, 0.3) is 0 Å². The summed E-state index contributed by atoms with van der Waals surface area (Å²) in [6.07, 6.45) is 0. The molecule has 0 spiro atoms. The smallest absolute Gasteiger partial charge is 0.212 e. The van der Waals surface area contributed by atoms with Crippen LogP contribution in [0.15, 0.2) is 46.9 Å². The summed E-state index contributed by atoms with van der Waals surface area (Å²) in [5.74, 6) is -0.983. The van der Waals surface area contributed by atoms with Crippen molar-refractivity contribution in [2.24, 2.45) is 0 Å². The van der Waals surface area contributed by atoms with Gasteiger partial charge in [0.1, 0.15) is 5.82 Å². The van der Waals surface area contributed by atoms with Crippen molar-refractivity contribution >= 4 is 37.6 Å². The largest absolute Gasteiger partial charge is 0.216 e. The number of sulfonamides is 1. The maximum Gasteiger partial charge on any atom is 0.216 e. The summed E-state index contributed by atoms with van der Waals surface area (Å²) in [5, 5.41) is 0.482. The first kappa shape index (κ1) is 16.4. The van der Waals surface area contributed by atoms with Crippen molar-refractivity contribution in [1.82, 2.24) is 4.72 Å². The lowest BCUT2D eigenvalue weighted by atomic mass is 10.2. The van der Waals surface area contributed by atoms with Gasteiger partial charge in [0.05, 0.1) is 5.75 Å². The Bertz CT molecular complexity index is 752. The van der Waals surface area contributed by atoms with Gasteiger partial charge in [-0.1, -0.05) is 51.8 Å². The van der Waals surface area contributed by atoms with Crippen LogP contribution in [0.3, 0.4) is 0 Å². The minimum Gasteiger partial charge on any atom is -0.212 e. The number of hydrogen-bond acceptors (Lipinski definition) is 2. The second kappa shape index (κ2) is 6.87. The minimum absolute atomic E-state index is 0.0696. The molecule has 0 aromatic heterocycles. The number of benzene rings is 2. The quantitative estimate of drug-likeness (QED) is 0.840. The Morgan fingerprint density at radius 1 is 1.14 bits per heavy atom. The molecule has 2 aromatic carbocycles. The maximum absolute atomic E-state index is 13.7. The summed E-state index contributed by atoms with van der Waals surface area (Å²) in [4.78, 5) is 0. The van der Waals surface area contributed by atoms with Gasteiger partial charge in [-0.05, 0) is 23.8 Å². The van der Waals surface area contributed by atoms with Crippen LogP contribution in [0.25, 0.3) is 0 Å². The Kier molecular flexibility index (Phi) is 5.37. The predicted molar refractivity (Wildman–Crippen MR) is 85.0 cm³/mol. The fourth-order valence-electron chi connectivity index (χ4n) is 1.72. The lowest BCUT2D eigenvalue weighted by molar-refractivity contribution is 0.574. The Morgan fingerprint density at radius 2 is 1.86 bits per heavy atom. The van der Waals surface area contributed by atoms with Gasteiger partial charge in [0.2, 0.25) is 10.0 Å². The molecular weight excluding hydrogens is 381 g/mol. The molecule has 2 aromatic rings. The first-order chi connectivity index (χ1) is 9.87. The number of hydrogen-bond donors (Lipinski definition) is 1. The van der Waals surface area contributed by atoms with Gasteiger partial charge in [0, 0.05) is 21.6 Å². The molecule has 3 nitrogen and oxygen atoms in total. The van der Waals surface area contributed by atoms with E-state index in [9.17, 15) is 12.8 Å². The Hall–Kier alpha value is -0.950. The average Bonchev–Trinajstić information content (AvgIpc) is 2.41. The molecule has 0 unspecified atom stereocenters. The highest BCUT2D eigenvalue weighted by atomic mass is 79.9. The monoisotopic (exact) mass is 391 g/mol. The Morgan fingerprint density at radius 3 is 2.52 bits per heavy atom. The van der Waals surface area contributed by atoms with E-state index in [1.807, 2.05) is 0 Å². The fourth-order valence-corrected chi connectivity index (χ4v) is 3.38. The van der Waals surface area contributed by atoms with Gasteiger partial charge in [0.15, 0.2) is 0 Å². The molecule has 0 aliphatic heterocycles. The van der Waals surface area contributed by atoms with Crippen LogP contribution in [0, 0.1) is 5.82 Å². The molecule has 0 saturated heterocycles. The second-order valence-corrected chi connectivity index (χ2v) is 7.54. The molecule has 7 heteroatoms. The van der Waals surface area contributed by atoms with Crippen molar-refractivity contribution in [3.8, 4) is 0 Å². The SMILES string of the molecule is O=S(=O)(Cc1ccc(Br)cc1F)NCc1ccccc1Cl. The first-order valence-electron chi connectivity index (χ1n) is 6.02. The normalized spacial score (nSPS) is 11.6. The van der Waals surface area contributed by atoms with E-state index < -0.39 is 21.6 Å². The molecule has 112 valence electrons. The maximum atomic E-state index is 13.7. The molecule has 0 bridgehead atoms. The molecule has 2 rings (SSSR count). The number of nitrogens with one attached hydrogen (secondary N) is 1. The zero-order valence-corrected chi connectivity index (χ0v) is 14.0. The number of halogens is 3. The van der Waals surface area contributed by atoms with Gasteiger partial charge in [-0.15, -0.1) is 0 Å². The highest BCUT2D eigenvalue weighted by Gasteiger charge is 2.15. The van der Waals surface area contributed by atoms with Crippen molar-refractivity contribution in [3.05, 3.63) is 68.9 Å². The molecule has 0 saturated carbocycles. The van der Waals surface area contributed by atoms with E-state index in [2.05, 4.69) is 20.7 Å². The van der Waals surface area contributed by atoms with E-state index in [0.29, 0.717) is 15.1 Å². The molecule has 0 fully saturated rings. The Balaban J connectivity index is 2.07. The summed E-state index contributed by atoms with van der Waals surface area (Å²) in [6.45, 7) is 0.0696. The minimum atomic E-state index is -3.65. The van der Waals surface area contributed by atoms with Crippen LogP contribution < -0.4 is 4.72 Å². The molecule has 1 N–H and O–H groups in total. The van der Waals surface area contributed by atoms with Crippen molar-refractivity contribution in [3.63, 3.8) is 0 Å². The molecular formula is C14H12BrClFNO2S. The number of rotatable bonds is 5. The van der Waals surface area contributed by atoms with E-state index in [-0.39, 0.29) is 12.1 Å². The van der Waals surface area contributed by atoms with Crippen LogP contribution >= 0.6 is 27.5 Å². The van der Waals surface area contributed by atoms with Crippen LogP contribution in [0.4, 0.5) is 4.39 Å². The Labute approximate surface area is 136 Å². The van der Waals surface area contributed by atoms with Gasteiger partial charge >= 0.3 is 0 Å². The van der Waals surface area contributed by atoms with Crippen LogP contribution in [-0.4, -0.2) is 8.42 Å². The zero-order valence-electron chi connectivity index (χ0n) is 10.8. The van der Waals surface area contributed by atoms with E-state index in [0.717, 1.165) is 0 Å². The molecule has 21 heavy (non-hydrogen) atoms. The third kappa shape index (κ3) is 4.78. The third-order valence-electron chi connectivity index (χ3n) is 2.80. The average molecular weight is 393 g/mol. The van der Waals surface area contributed by atoms with Crippen molar-refractivity contribution in [1.29, 1.82) is 0 Å². The van der Waals surface area contributed by atoms with E-state index in [4.69, 9.17) is 11.6 Å². The van der Waals surface area contributed by atoms with Crippen LogP contribution in [0.2, 0.25) is 5.02 Å².